The summed E-state index contributed by atoms with van der Waals surface area (Å²) >= 11 is 0. The molecule has 2 N–H and O–H groups in total. The van der Waals surface area contributed by atoms with Crippen LogP contribution in [0, 0.1) is 18.7 Å². The number of fused-ring (bicyclic) bond motifs is 5. The third-order valence-corrected chi connectivity index (χ3v) is 7.62. The van der Waals surface area contributed by atoms with Gasteiger partial charge in [0, 0.05) is 35.5 Å². The molecule has 37 heavy (non-hydrogen) atoms. The molecule has 0 amide bonds. The molecule has 0 radical (unpaired) electrons. The number of hydrogen-bond donors (Lipinski definition) is 2. The molecule has 3 atom stereocenters. The van der Waals surface area contributed by atoms with E-state index in [1.807, 2.05) is 6.07 Å². The summed E-state index contributed by atoms with van der Waals surface area (Å²) in [6.45, 7) is 2.73. The normalized spacial score (nSPS) is 21.0. The highest BCUT2D eigenvalue weighted by Gasteiger charge is 2.37. The standard InChI is InChI=1S/C27H25FN8O/c1-15-23(37-18-8-9-36-24(11-18)31-14-33-36)7-6-21(25(15)28)35-27-26-22(30-13-32-27)5-4-20(34-26)19-10-17-3-2-16(19)12-29-17/h4-9,11,13-14,16-17,19,29H,2-3,10,12H2,1H3,(H,30,32,35)/t16-,17-,19+/m0/s1. The average Bonchev–Trinajstić information content (AvgIpc) is 3.41. The summed E-state index contributed by atoms with van der Waals surface area (Å²) in [5, 5.41) is 10.8. The van der Waals surface area contributed by atoms with Crippen LogP contribution in [0.3, 0.4) is 0 Å². The van der Waals surface area contributed by atoms with Crippen molar-refractivity contribution in [2.24, 2.45) is 5.92 Å². The smallest absolute Gasteiger partial charge is 0.160 e. The van der Waals surface area contributed by atoms with Gasteiger partial charge in [-0.2, -0.15) is 5.10 Å². The number of anilines is 2. The third-order valence-electron chi connectivity index (χ3n) is 7.62. The fraction of sp³-hybridized carbons (Fsp3) is 0.296. The Bertz CT molecular complexity index is 1630. The Morgan fingerprint density at radius 2 is 2.03 bits per heavy atom. The second-order valence-electron chi connectivity index (χ2n) is 9.81. The molecule has 9 nitrogen and oxygen atoms in total. The lowest BCUT2D eigenvalue weighted by molar-refractivity contribution is 0.178. The molecule has 0 spiro atoms. The number of nitrogens with one attached hydrogen (secondary N) is 2. The van der Waals surface area contributed by atoms with E-state index in [9.17, 15) is 0 Å². The molecule has 0 unspecified atom stereocenters. The first-order valence-corrected chi connectivity index (χ1v) is 12.5. The van der Waals surface area contributed by atoms with E-state index >= 15 is 4.39 Å². The van der Waals surface area contributed by atoms with Crippen LogP contribution in [0.1, 0.15) is 36.4 Å². The zero-order chi connectivity index (χ0) is 24.9. The molecule has 6 heterocycles. The van der Waals surface area contributed by atoms with Crippen LogP contribution in [-0.2, 0) is 0 Å². The van der Waals surface area contributed by atoms with Crippen LogP contribution in [0.5, 0.6) is 11.5 Å². The second kappa shape index (κ2) is 8.74. The van der Waals surface area contributed by atoms with Crippen molar-refractivity contribution >= 4 is 28.2 Å². The predicted molar refractivity (Wildman–Crippen MR) is 137 cm³/mol. The van der Waals surface area contributed by atoms with Crippen LogP contribution in [0.15, 0.2) is 55.2 Å². The highest BCUT2D eigenvalue weighted by molar-refractivity contribution is 5.87. The summed E-state index contributed by atoms with van der Waals surface area (Å²) in [5.74, 6) is 2.04. The summed E-state index contributed by atoms with van der Waals surface area (Å²) in [7, 11) is 0. The summed E-state index contributed by atoms with van der Waals surface area (Å²) in [6, 6.07) is 11.5. The van der Waals surface area contributed by atoms with Gasteiger partial charge in [0.15, 0.2) is 17.3 Å². The summed E-state index contributed by atoms with van der Waals surface area (Å²) < 4.78 is 23.1. The predicted octanol–water partition coefficient (Wildman–Crippen LogP) is 4.91. The molecular formula is C27H25FN8O. The van der Waals surface area contributed by atoms with Crippen molar-refractivity contribution in [2.75, 3.05) is 11.9 Å². The van der Waals surface area contributed by atoms with Crippen molar-refractivity contribution in [1.82, 2.24) is 34.9 Å². The van der Waals surface area contributed by atoms with Crippen LogP contribution in [0.2, 0.25) is 0 Å². The van der Waals surface area contributed by atoms with Gasteiger partial charge in [-0.3, -0.25) is 0 Å². The van der Waals surface area contributed by atoms with Crippen molar-refractivity contribution in [1.29, 1.82) is 0 Å². The number of halogens is 1. The molecule has 8 rings (SSSR count). The average molecular weight is 497 g/mol. The topological polar surface area (TPSA) is 102 Å². The van der Waals surface area contributed by atoms with E-state index in [0.29, 0.717) is 57.6 Å². The van der Waals surface area contributed by atoms with Crippen LogP contribution in [-0.4, -0.2) is 42.1 Å². The van der Waals surface area contributed by atoms with Gasteiger partial charge in [-0.05, 0) is 69.0 Å². The van der Waals surface area contributed by atoms with Crippen LogP contribution < -0.4 is 15.4 Å². The summed E-state index contributed by atoms with van der Waals surface area (Å²) in [6.07, 6.45) is 8.24. The van der Waals surface area contributed by atoms with Gasteiger partial charge in [0.05, 0.1) is 11.2 Å². The number of hydrogen-bond acceptors (Lipinski definition) is 8. The maximum Gasteiger partial charge on any atom is 0.160 e. The van der Waals surface area contributed by atoms with E-state index in [-0.39, 0.29) is 0 Å². The van der Waals surface area contributed by atoms with Crippen molar-refractivity contribution in [3.8, 4) is 11.5 Å². The molecular weight excluding hydrogens is 471 g/mol. The quantitative estimate of drug-likeness (QED) is 0.354. The molecule has 5 aromatic rings. The Kier molecular flexibility index (Phi) is 5.21. The first-order valence-electron chi connectivity index (χ1n) is 12.5. The fourth-order valence-corrected chi connectivity index (χ4v) is 5.59. The molecule has 1 aliphatic carbocycles. The number of benzene rings is 1. The summed E-state index contributed by atoms with van der Waals surface area (Å²) in [4.78, 5) is 17.9. The molecule has 186 valence electrons. The molecule has 1 aromatic carbocycles. The highest BCUT2D eigenvalue weighted by Crippen LogP contribution is 2.41. The van der Waals surface area contributed by atoms with Crippen LogP contribution in [0.4, 0.5) is 15.9 Å². The number of aromatic nitrogens is 6. The van der Waals surface area contributed by atoms with Crippen LogP contribution >= 0.6 is 0 Å². The largest absolute Gasteiger partial charge is 0.457 e. The monoisotopic (exact) mass is 496 g/mol. The van der Waals surface area contributed by atoms with Gasteiger partial charge < -0.3 is 15.4 Å². The first-order chi connectivity index (χ1) is 18.1. The molecule has 4 aromatic heterocycles. The van der Waals surface area contributed by atoms with E-state index in [1.54, 1.807) is 41.9 Å². The maximum absolute atomic E-state index is 15.5. The van der Waals surface area contributed by atoms with Gasteiger partial charge >= 0.3 is 0 Å². The highest BCUT2D eigenvalue weighted by atomic mass is 19.1. The minimum absolute atomic E-state index is 0.297. The summed E-state index contributed by atoms with van der Waals surface area (Å²) in [5.41, 5.74) is 3.75. The van der Waals surface area contributed by atoms with E-state index in [2.05, 4.69) is 36.8 Å². The molecule has 3 fully saturated rings. The van der Waals surface area contributed by atoms with Crippen molar-refractivity contribution in [2.45, 2.75) is 38.1 Å². The minimum atomic E-state index is -0.417. The Hall–Kier alpha value is -4.18. The SMILES string of the molecule is Cc1c(Oc2ccn3ncnc3c2)ccc(Nc2ncnc3ccc([C@@H]4C[C@@H]5CC[C@H]4CN5)nc23)c1F. The Morgan fingerprint density at radius 3 is 2.86 bits per heavy atom. The van der Waals surface area contributed by atoms with Gasteiger partial charge in [-0.25, -0.2) is 28.8 Å². The third kappa shape index (κ3) is 3.93. The van der Waals surface area contributed by atoms with Crippen molar-refractivity contribution < 1.29 is 9.13 Å². The van der Waals surface area contributed by atoms with Gasteiger partial charge in [-0.1, -0.05) is 0 Å². The Morgan fingerprint density at radius 1 is 1.08 bits per heavy atom. The fourth-order valence-electron chi connectivity index (χ4n) is 5.59. The van der Waals surface area contributed by atoms with Crippen molar-refractivity contribution in [3.63, 3.8) is 0 Å². The zero-order valence-electron chi connectivity index (χ0n) is 20.2. The number of pyridine rings is 2. The Labute approximate surface area is 212 Å². The van der Waals surface area contributed by atoms with E-state index < -0.39 is 5.82 Å². The van der Waals surface area contributed by atoms with E-state index in [0.717, 1.165) is 24.2 Å². The molecule has 1 saturated carbocycles. The first kappa shape index (κ1) is 22.1. The second-order valence-corrected chi connectivity index (χ2v) is 9.81. The van der Waals surface area contributed by atoms with Gasteiger partial charge in [0.25, 0.3) is 0 Å². The van der Waals surface area contributed by atoms with E-state index in [1.165, 1.54) is 25.5 Å². The number of piperidine rings is 2. The molecule has 3 aliphatic rings. The number of ether oxygens (including phenoxy) is 1. The van der Waals surface area contributed by atoms with Crippen molar-refractivity contribution in [3.05, 3.63) is 72.3 Å². The maximum atomic E-state index is 15.5. The van der Waals surface area contributed by atoms with Gasteiger partial charge in [0.1, 0.15) is 29.7 Å². The lowest BCUT2D eigenvalue weighted by atomic mass is 9.71. The van der Waals surface area contributed by atoms with Gasteiger partial charge in [0.2, 0.25) is 0 Å². The lowest BCUT2D eigenvalue weighted by Crippen LogP contribution is -2.48. The molecule has 10 heteroatoms. The zero-order valence-corrected chi connectivity index (χ0v) is 20.2. The van der Waals surface area contributed by atoms with Gasteiger partial charge in [-0.15, -0.1) is 0 Å². The van der Waals surface area contributed by atoms with E-state index in [4.69, 9.17) is 9.72 Å². The number of rotatable bonds is 5. The Balaban J connectivity index is 1.18. The minimum Gasteiger partial charge on any atom is -0.457 e. The van der Waals surface area contributed by atoms with Crippen LogP contribution in [0.25, 0.3) is 16.7 Å². The molecule has 2 aliphatic heterocycles. The number of nitrogens with zero attached hydrogens (tertiary/aromatic N) is 6. The lowest BCUT2D eigenvalue weighted by Gasteiger charge is -2.42. The molecule has 2 saturated heterocycles. The molecule has 2 bridgehead atoms.